The first kappa shape index (κ1) is 38.6. The molecule has 2 saturated heterocycles. The normalized spacial score (nSPS) is 16.8. The van der Waals surface area contributed by atoms with Gasteiger partial charge in [-0.15, -0.1) is 0 Å². The molecule has 55 heavy (non-hydrogen) atoms. The Hall–Kier alpha value is -4.68. The molecule has 1 atom stereocenters. The molecule has 10 nitrogen and oxygen atoms in total. The van der Waals surface area contributed by atoms with E-state index in [1.165, 1.54) is 42.5 Å². The summed E-state index contributed by atoms with van der Waals surface area (Å²) in [4.78, 5) is 40.9. The lowest BCUT2D eigenvalue weighted by molar-refractivity contribution is -0.134. The van der Waals surface area contributed by atoms with E-state index in [4.69, 9.17) is 16.3 Å². The summed E-state index contributed by atoms with van der Waals surface area (Å²) in [5.41, 5.74) is 6.85. The number of amides is 2. The molecule has 2 aromatic heterocycles. The molecule has 5 aromatic rings. The third-order valence-corrected chi connectivity index (χ3v) is 10.8. The molecule has 0 spiro atoms. The summed E-state index contributed by atoms with van der Waals surface area (Å²) in [6, 6.07) is 21.2. The van der Waals surface area contributed by atoms with Crippen molar-refractivity contribution in [3.63, 3.8) is 0 Å². The average Bonchev–Trinajstić information content (AvgIpc) is 3.60. The van der Waals surface area contributed by atoms with Gasteiger partial charge in [-0.25, -0.2) is 9.37 Å². The van der Waals surface area contributed by atoms with E-state index >= 15 is 0 Å². The molecule has 0 bridgehead atoms. The van der Waals surface area contributed by atoms with Gasteiger partial charge in [0, 0.05) is 86.4 Å². The first-order valence-corrected chi connectivity index (χ1v) is 19.9. The largest absolute Gasteiger partial charge is 0.381 e. The van der Waals surface area contributed by atoms with E-state index in [0.717, 1.165) is 93.8 Å². The molecular formula is C43H49ClFN7O3. The minimum atomic E-state index is -0.426. The number of imide groups is 1. The van der Waals surface area contributed by atoms with Crippen LogP contribution in [0.2, 0.25) is 5.02 Å². The highest BCUT2D eigenvalue weighted by molar-refractivity contribution is 6.30. The minimum absolute atomic E-state index is 0.177. The summed E-state index contributed by atoms with van der Waals surface area (Å²) in [5.74, 6) is -0.653. The second kappa shape index (κ2) is 18.8. The number of nitrogens with one attached hydrogen (secondary N) is 3. The van der Waals surface area contributed by atoms with Crippen molar-refractivity contribution in [2.24, 2.45) is 0 Å². The third kappa shape index (κ3) is 10.8. The number of aromatic nitrogens is 3. The van der Waals surface area contributed by atoms with Crippen LogP contribution in [0, 0.1) is 5.82 Å². The Morgan fingerprint density at radius 1 is 0.873 bits per heavy atom. The fourth-order valence-corrected chi connectivity index (χ4v) is 7.70. The molecule has 288 valence electrons. The molecular weight excluding hydrogens is 717 g/mol. The summed E-state index contributed by atoms with van der Waals surface area (Å²) < 4.78 is 19.6. The van der Waals surface area contributed by atoms with E-state index in [1.807, 2.05) is 18.3 Å². The quantitative estimate of drug-likeness (QED) is 0.0645. The maximum atomic E-state index is 13.7. The van der Waals surface area contributed by atoms with Gasteiger partial charge in [0.2, 0.25) is 17.8 Å². The van der Waals surface area contributed by atoms with Gasteiger partial charge < -0.3 is 19.9 Å². The van der Waals surface area contributed by atoms with Gasteiger partial charge in [-0.05, 0) is 79.1 Å². The highest BCUT2D eigenvalue weighted by Crippen LogP contribution is 2.30. The molecule has 2 aliphatic heterocycles. The van der Waals surface area contributed by atoms with Crippen molar-refractivity contribution in [1.29, 1.82) is 0 Å². The first-order chi connectivity index (χ1) is 26.9. The van der Waals surface area contributed by atoms with Crippen LogP contribution in [0.3, 0.4) is 0 Å². The number of nitrogens with zero attached hydrogens (tertiary/aromatic N) is 4. The Labute approximate surface area is 326 Å². The molecule has 4 heterocycles. The van der Waals surface area contributed by atoms with Gasteiger partial charge in [0.25, 0.3) is 0 Å². The predicted molar refractivity (Wildman–Crippen MR) is 215 cm³/mol. The zero-order valence-electron chi connectivity index (χ0n) is 31.2. The highest BCUT2D eigenvalue weighted by Gasteiger charge is 2.27. The van der Waals surface area contributed by atoms with Crippen LogP contribution >= 0.6 is 11.6 Å². The number of H-pyrrole nitrogens is 1. The summed E-state index contributed by atoms with van der Waals surface area (Å²) in [7, 11) is 0. The maximum Gasteiger partial charge on any atom is 0.234 e. The number of hydrogen-bond acceptors (Lipinski definition) is 8. The molecule has 0 radical (unpaired) electrons. The van der Waals surface area contributed by atoms with Crippen molar-refractivity contribution in [2.45, 2.75) is 63.8 Å². The van der Waals surface area contributed by atoms with Crippen LogP contribution in [0.5, 0.6) is 0 Å². The van der Waals surface area contributed by atoms with Crippen LogP contribution in [-0.2, 0) is 27.3 Å². The number of piperazine rings is 1. The van der Waals surface area contributed by atoms with Crippen LogP contribution in [-0.4, -0.2) is 82.5 Å². The van der Waals surface area contributed by atoms with Crippen LogP contribution in [0.4, 0.5) is 16.0 Å². The van der Waals surface area contributed by atoms with Crippen molar-refractivity contribution in [3.8, 4) is 11.1 Å². The number of carbonyl (C=O) groups excluding carboxylic acids is 2. The van der Waals surface area contributed by atoms with Crippen molar-refractivity contribution >= 4 is 46.1 Å². The van der Waals surface area contributed by atoms with E-state index in [-0.39, 0.29) is 17.7 Å². The van der Waals surface area contributed by atoms with Gasteiger partial charge in [-0.2, -0.15) is 4.98 Å². The second-order valence-corrected chi connectivity index (χ2v) is 15.1. The second-order valence-electron chi connectivity index (χ2n) is 14.6. The summed E-state index contributed by atoms with van der Waals surface area (Å²) >= 11 is 5.98. The number of halogens is 2. The number of anilines is 2. The number of aryl methyl sites for hydroxylation is 1. The van der Waals surface area contributed by atoms with Crippen LogP contribution in [0.1, 0.15) is 67.6 Å². The number of piperidine rings is 1. The number of unbranched alkanes of at least 4 members (excludes halogenated alkanes) is 3. The first-order valence-electron chi connectivity index (χ1n) is 19.5. The number of benzene rings is 3. The van der Waals surface area contributed by atoms with Gasteiger partial charge in [-0.1, -0.05) is 73.0 Å². The summed E-state index contributed by atoms with van der Waals surface area (Å²) in [5, 5.41) is 6.68. The number of rotatable bonds is 17. The molecule has 1 unspecified atom stereocenters. The Balaban J connectivity index is 0.735. The molecule has 12 heteroatoms. The number of aromatic amines is 1. The number of carbonyl (C=O) groups is 2. The fourth-order valence-electron chi connectivity index (χ4n) is 7.48. The molecule has 2 fully saturated rings. The zero-order valence-corrected chi connectivity index (χ0v) is 31.9. The van der Waals surface area contributed by atoms with E-state index in [2.05, 4.69) is 71.8 Å². The van der Waals surface area contributed by atoms with Gasteiger partial charge in [0.15, 0.2) is 0 Å². The van der Waals surface area contributed by atoms with Crippen molar-refractivity contribution in [1.82, 2.24) is 30.1 Å². The van der Waals surface area contributed by atoms with Gasteiger partial charge in [0.05, 0.1) is 5.92 Å². The Kier molecular flexibility index (Phi) is 13.2. The molecule has 2 amide bonds. The number of fused-ring (bicyclic) bond motifs is 1. The van der Waals surface area contributed by atoms with E-state index < -0.39 is 5.82 Å². The Morgan fingerprint density at radius 3 is 2.40 bits per heavy atom. The minimum Gasteiger partial charge on any atom is -0.381 e. The number of ether oxygens (including phenoxy) is 1. The third-order valence-electron chi connectivity index (χ3n) is 10.6. The van der Waals surface area contributed by atoms with Crippen molar-refractivity contribution in [2.75, 3.05) is 51.3 Å². The zero-order chi connectivity index (χ0) is 38.0. The summed E-state index contributed by atoms with van der Waals surface area (Å²) in [6.07, 6.45) is 11.4. The molecule has 2 aliphatic rings. The Bertz CT molecular complexity index is 2030. The van der Waals surface area contributed by atoms with E-state index in [0.29, 0.717) is 35.1 Å². The molecule has 0 saturated carbocycles. The monoisotopic (exact) mass is 765 g/mol. The summed E-state index contributed by atoms with van der Waals surface area (Å²) in [6.45, 7) is 8.07. The number of hydrogen-bond donors (Lipinski definition) is 3. The van der Waals surface area contributed by atoms with Gasteiger partial charge >= 0.3 is 0 Å². The lowest BCUT2D eigenvalue weighted by atomic mass is 9.90. The molecule has 3 N–H and O–H groups in total. The molecule has 7 rings (SSSR count). The standard InChI is InChI=1S/C43H49ClFN7O3/c44-34-24-35(45)26-36(25-34)48-43-47-28-39-38(27-46-41(39)50-43)33-13-9-31(10-14-33)29-52-20-18-51(19-21-52)17-3-1-2-4-22-55-23-5-6-30-7-11-32(12-8-30)37-15-16-40(53)49-42(37)54/h7-14,24-28,37H,1-6,15-23,29H2,(H,49,53,54)(H2,46,47,48,50). The fraction of sp³-hybridized carbons (Fsp3) is 0.395. The van der Waals surface area contributed by atoms with Gasteiger partial charge in [-0.3, -0.25) is 19.8 Å². The Morgan fingerprint density at radius 2 is 1.62 bits per heavy atom. The topological polar surface area (TPSA) is 115 Å². The molecule has 0 aliphatic carbocycles. The highest BCUT2D eigenvalue weighted by atomic mass is 35.5. The van der Waals surface area contributed by atoms with E-state index in [1.54, 1.807) is 12.3 Å². The van der Waals surface area contributed by atoms with E-state index in [9.17, 15) is 14.0 Å². The maximum absolute atomic E-state index is 13.7. The molecule has 3 aromatic carbocycles. The van der Waals surface area contributed by atoms with Gasteiger partial charge in [0.1, 0.15) is 11.5 Å². The lowest BCUT2D eigenvalue weighted by Gasteiger charge is -2.34. The van der Waals surface area contributed by atoms with Crippen LogP contribution in [0.15, 0.2) is 79.1 Å². The van der Waals surface area contributed by atoms with Crippen LogP contribution in [0.25, 0.3) is 22.2 Å². The SMILES string of the molecule is O=C1CCC(c2ccc(CCCOCCCCCCN3CCN(Cc4ccc(-c5c[nH]c6nc(Nc7cc(F)cc(Cl)c7)ncc56)cc4)CC3)cc2)C(=O)N1. The predicted octanol–water partition coefficient (Wildman–Crippen LogP) is 8.01. The average molecular weight is 766 g/mol. The smallest absolute Gasteiger partial charge is 0.234 e. The lowest BCUT2D eigenvalue weighted by Crippen LogP contribution is -2.46. The van der Waals surface area contributed by atoms with Crippen molar-refractivity contribution in [3.05, 3.63) is 107 Å². The van der Waals surface area contributed by atoms with Crippen LogP contribution < -0.4 is 10.6 Å². The van der Waals surface area contributed by atoms with Crippen molar-refractivity contribution < 1.29 is 18.7 Å².